The number of rotatable bonds is 2. The third-order valence-corrected chi connectivity index (χ3v) is 3.87. The van der Waals surface area contributed by atoms with Crippen LogP contribution < -0.4 is 5.73 Å². The summed E-state index contributed by atoms with van der Waals surface area (Å²) in [4.78, 5) is 0.820. The monoisotopic (exact) mass is 292 g/mol. The van der Waals surface area contributed by atoms with Crippen molar-refractivity contribution in [2.24, 2.45) is 0 Å². The average molecular weight is 292 g/mol. The van der Waals surface area contributed by atoms with Crippen LogP contribution in [-0.2, 0) is 0 Å². The van der Waals surface area contributed by atoms with Crippen molar-refractivity contribution >= 4 is 17.2 Å². The summed E-state index contributed by atoms with van der Waals surface area (Å²) in [5.74, 6) is -0.909. The van der Waals surface area contributed by atoms with E-state index in [0.29, 0.717) is 11.1 Å². The first-order chi connectivity index (χ1) is 9.58. The number of nitrogen functional groups attached to an aromatic ring is 1. The molecule has 3 aromatic rings. The van der Waals surface area contributed by atoms with E-state index in [4.69, 9.17) is 10.3 Å². The highest BCUT2D eigenvalue weighted by Gasteiger charge is 2.22. The molecule has 0 aliphatic rings. The van der Waals surface area contributed by atoms with E-state index in [2.05, 4.69) is 5.16 Å². The predicted octanol–water partition coefficient (Wildman–Crippen LogP) is 4.24. The normalized spacial score (nSPS) is 10.9. The third-order valence-electron chi connectivity index (χ3n) is 2.98. The van der Waals surface area contributed by atoms with Gasteiger partial charge in [-0.2, -0.15) is 0 Å². The van der Waals surface area contributed by atoms with E-state index in [1.165, 1.54) is 17.4 Å². The van der Waals surface area contributed by atoms with Gasteiger partial charge >= 0.3 is 0 Å². The summed E-state index contributed by atoms with van der Waals surface area (Å²) in [6.45, 7) is 1.56. The molecule has 0 aliphatic heterocycles. The summed E-state index contributed by atoms with van der Waals surface area (Å²) in [5, 5.41) is 5.56. The van der Waals surface area contributed by atoms with Crippen molar-refractivity contribution in [2.75, 3.05) is 5.73 Å². The van der Waals surface area contributed by atoms with Crippen molar-refractivity contribution in [3.63, 3.8) is 0 Å². The molecule has 102 valence electrons. The molecule has 2 N–H and O–H groups in total. The summed E-state index contributed by atoms with van der Waals surface area (Å²) in [7, 11) is 0. The number of anilines is 1. The Morgan fingerprint density at radius 2 is 2.05 bits per heavy atom. The summed E-state index contributed by atoms with van der Waals surface area (Å²) in [6.07, 6.45) is 0. The fourth-order valence-corrected chi connectivity index (χ4v) is 2.75. The first kappa shape index (κ1) is 12.8. The smallest absolute Gasteiger partial charge is 0.180 e. The van der Waals surface area contributed by atoms with Gasteiger partial charge in [-0.15, -0.1) is 11.3 Å². The van der Waals surface area contributed by atoms with Gasteiger partial charge in [0.25, 0.3) is 0 Å². The average Bonchev–Trinajstić information content (AvgIpc) is 3.03. The summed E-state index contributed by atoms with van der Waals surface area (Å²) >= 11 is 1.44. The van der Waals surface area contributed by atoms with E-state index in [0.717, 1.165) is 10.9 Å². The molecule has 0 spiro atoms. The zero-order valence-corrected chi connectivity index (χ0v) is 11.3. The van der Waals surface area contributed by atoms with Crippen molar-refractivity contribution in [3.05, 3.63) is 46.8 Å². The van der Waals surface area contributed by atoms with Gasteiger partial charge < -0.3 is 10.3 Å². The van der Waals surface area contributed by atoms with E-state index in [1.807, 2.05) is 17.5 Å². The standard InChI is InChI=1S/C14H10F2N2OS/c1-7-5-8(10(16)6-9(7)15)13-12(14(17)18-19-13)11-3-2-4-20-11/h2-6H,1H3,(H2,17,18). The van der Waals surface area contributed by atoms with Crippen LogP contribution in [-0.4, -0.2) is 5.16 Å². The van der Waals surface area contributed by atoms with Gasteiger partial charge in [-0.3, -0.25) is 0 Å². The molecule has 0 saturated carbocycles. The largest absolute Gasteiger partial charge is 0.380 e. The molecule has 3 rings (SSSR count). The Labute approximate surface area is 117 Å². The summed E-state index contributed by atoms with van der Waals surface area (Å²) < 4.78 is 32.5. The zero-order chi connectivity index (χ0) is 14.3. The van der Waals surface area contributed by atoms with Crippen LogP contribution in [0.5, 0.6) is 0 Å². The molecular formula is C14H10F2N2OS. The number of benzene rings is 1. The second-order valence-electron chi connectivity index (χ2n) is 4.33. The number of aryl methyl sites for hydroxylation is 1. The Balaban J connectivity index is 2.24. The van der Waals surface area contributed by atoms with Crippen LogP contribution in [0.1, 0.15) is 5.56 Å². The molecule has 0 unspecified atom stereocenters. The van der Waals surface area contributed by atoms with Crippen molar-refractivity contribution in [2.45, 2.75) is 6.92 Å². The molecule has 2 heterocycles. The molecule has 0 atom stereocenters. The van der Waals surface area contributed by atoms with E-state index in [1.54, 1.807) is 6.92 Å². The number of nitrogens with two attached hydrogens (primary N) is 1. The van der Waals surface area contributed by atoms with Crippen LogP contribution in [0.3, 0.4) is 0 Å². The maximum atomic E-state index is 14.0. The van der Waals surface area contributed by atoms with Gasteiger partial charge in [-0.05, 0) is 30.0 Å². The minimum atomic E-state index is -0.706. The first-order valence-electron chi connectivity index (χ1n) is 5.83. The second-order valence-corrected chi connectivity index (χ2v) is 5.28. The molecular weight excluding hydrogens is 282 g/mol. The Morgan fingerprint density at radius 3 is 2.75 bits per heavy atom. The Kier molecular flexibility index (Phi) is 3.02. The van der Waals surface area contributed by atoms with Gasteiger partial charge in [0.2, 0.25) is 0 Å². The molecule has 0 saturated heterocycles. The lowest BCUT2D eigenvalue weighted by atomic mass is 10.0. The number of hydrogen-bond acceptors (Lipinski definition) is 4. The lowest BCUT2D eigenvalue weighted by Gasteiger charge is -2.04. The van der Waals surface area contributed by atoms with Gasteiger partial charge in [-0.1, -0.05) is 11.2 Å². The number of thiophene rings is 1. The highest BCUT2D eigenvalue weighted by atomic mass is 32.1. The molecule has 0 fully saturated rings. The Bertz CT molecular complexity index is 766. The minimum absolute atomic E-state index is 0.150. The van der Waals surface area contributed by atoms with Gasteiger partial charge in [0.1, 0.15) is 11.6 Å². The van der Waals surface area contributed by atoms with Crippen molar-refractivity contribution in [1.82, 2.24) is 5.16 Å². The van der Waals surface area contributed by atoms with E-state index in [9.17, 15) is 8.78 Å². The van der Waals surface area contributed by atoms with Gasteiger partial charge in [-0.25, -0.2) is 8.78 Å². The lowest BCUT2D eigenvalue weighted by Crippen LogP contribution is -1.91. The van der Waals surface area contributed by atoms with Gasteiger partial charge in [0.15, 0.2) is 11.6 Å². The van der Waals surface area contributed by atoms with Gasteiger partial charge in [0.05, 0.1) is 11.1 Å². The third kappa shape index (κ3) is 1.98. The van der Waals surface area contributed by atoms with Crippen LogP contribution in [0, 0.1) is 18.6 Å². The number of halogens is 2. The fourth-order valence-electron chi connectivity index (χ4n) is 1.98. The molecule has 0 amide bonds. The summed E-state index contributed by atoms with van der Waals surface area (Å²) in [6, 6.07) is 5.91. The molecule has 1 aromatic carbocycles. The fraction of sp³-hybridized carbons (Fsp3) is 0.0714. The minimum Gasteiger partial charge on any atom is -0.380 e. The van der Waals surface area contributed by atoms with Crippen LogP contribution >= 0.6 is 11.3 Å². The molecule has 0 aliphatic carbocycles. The molecule has 0 radical (unpaired) electrons. The molecule has 20 heavy (non-hydrogen) atoms. The molecule has 2 aromatic heterocycles. The van der Waals surface area contributed by atoms with Crippen molar-refractivity contribution in [3.8, 4) is 21.8 Å². The van der Waals surface area contributed by atoms with Crippen molar-refractivity contribution < 1.29 is 13.3 Å². The summed E-state index contributed by atoms with van der Waals surface area (Å²) in [5.41, 5.74) is 6.80. The predicted molar refractivity (Wildman–Crippen MR) is 74.3 cm³/mol. The Morgan fingerprint density at radius 1 is 1.25 bits per heavy atom. The number of nitrogens with zero attached hydrogens (tertiary/aromatic N) is 1. The molecule has 0 bridgehead atoms. The lowest BCUT2D eigenvalue weighted by molar-refractivity contribution is 0.433. The highest BCUT2D eigenvalue weighted by molar-refractivity contribution is 7.13. The van der Waals surface area contributed by atoms with Crippen LogP contribution in [0.2, 0.25) is 0 Å². The molecule has 3 nitrogen and oxygen atoms in total. The maximum Gasteiger partial charge on any atom is 0.180 e. The number of hydrogen-bond donors (Lipinski definition) is 1. The van der Waals surface area contributed by atoms with Crippen LogP contribution in [0.4, 0.5) is 14.6 Å². The van der Waals surface area contributed by atoms with E-state index in [-0.39, 0.29) is 17.1 Å². The number of aromatic nitrogens is 1. The van der Waals surface area contributed by atoms with Gasteiger partial charge in [0, 0.05) is 10.9 Å². The van der Waals surface area contributed by atoms with Crippen LogP contribution in [0.15, 0.2) is 34.2 Å². The highest BCUT2D eigenvalue weighted by Crippen LogP contribution is 2.40. The first-order valence-corrected chi connectivity index (χ1v) is 6.71. The second kappa shape index (κ2) is 4.72. The Hall–Kier alpha value is -2.21. The van der Waals surface area contributed by atoms with Crippen LogP contribution in [0.25, 0.3) is 21.8 Å². The van der Waals surface area contributed by atoms with E-state index >= 15 is 0 Å². The quantitative estimate of drug-likeness (QED) is 0.768. The molecule has 6 heteroatoms. The van der Waals surface area contributed by atoms with E-state index < -0.39 is 11.6 Å². The SMILES string of the molecule is Cc1cc(-c2onc(N)c2-c2cccs2)c(F)cc1F. The zero-order valence-electron chi connectivity index (χ0n) is 10.5. The topological polar surface area (TPSA) is 52.0 Å². The maximum absolute atomic E-state index is 14.0. The van der Waals surface area contributed by atoms with Crippen molar-refractivity contribution in [1.29, 1.82) is 0 Å².